The van der Waals surface area contributed by atoms with Crippen LogP contribution in [-0.4, -0.2) is 34.8 Å². The Morgan fingerprint density at radius 1 is 1.32 bits per heavy atom. The Morgan fingerprint density at radius 3 is 2.82 bits per heavy atom. The van der Waals surface area contributed by atoms with Gasteiger partial charge in [0.15, 0.2) is 0 Å². The molecule has 0 unspecified atom stereocenters. The molecule has 1 N–H and O–H groups in total. The topological polar surface area (TPSA) is 86.2 Å². The van der Waals surface area contributed by atoms with Gasteiger partial charge in [-0.1, -0.05) is 31.1 Å². The van der Waals surface area contributed by atoms with Crippen LogP contribution in [0.4, 0.5) is 5.13 Å². The number of amides is 1. The van der Waals surface area contributed by atoms with E-state index >= 15 is 0 Å². The fraction of sp³-hybridized carbons (Fsp3) is 0.429. The van der Waals surface area contributed by atoms with Crippen molar-refractivity contribution in [2.75, 3.05) is 19.0 Å². The second-order valence-electron chi connectivity index (χ2n) is 4.49. The van der Waals surface area contributed by atoms with E-state index in [2.05, 4.69) is 27.4 Å². The lowest BCUT2D eigenvalue weighted by atomic mass is 10.2. The number of anilines is 1. The summed E-state index contributed by atoms with van der Waals surface area (Å²) >= 11 is 1.25. The average Bonchev–Trinajstić information content (AvgIpc) is 3.04. The third kappa shape index (κ3) is 4.66. The first-order valence-corrected chi connectivity index (χ1v) is 7.87. The molecule has 0 aliphatic rings. The molecule has 0 radical (unpaired) electrons. The first-order valence-electron chi connectivity index (χ1n) is 6.99. The summed E-state index contributed by atoms with van der Waals surface area (Å²) in [7, 11) is 1.50. The van der Waals surface area contributed by atoms with Crippen LogP contribution in [0.2, 0.25) is 0 Å². The number of pyridine rings is 1. The molecule has 0 aliphatic heterocycles. The van der Waals surface area contributed by atoms with E-state index in [4.69, 9.17) is 9.47 Å². The van der Waals surface area contributed by atoms with Crippen molar-refractivity contribution < 1.29 is 14.3 Å². The van der Waals surface area contributed by atoms with Crippen molar-refractivity contribution in [3.63, 3.8) is 0 Å². The van der Waals surface area contributed by atoms with Crippen molar-refractivity contribution >= 4 is 22.4 Å². The maximum atomic E-state index is 12.2. The Morgan fingerprint density at radius 2 is 2.14 bits per heavy atom. The van der Waals surface area contributed by atoms with E-state index in [1.54, 1.807) is 17.6 Å². The second-order valence-corrected chi connectivity index (χ2v) is 5.32. The van der Waals surface area contributed by atoms with Crippen LogP contribution in [0.15, 0.2) is 17.6 Å². The van der Waals surface area contributed by atoms with Gasteiger partial charge in [-0.25, -0.2) is 0 Å². The smallest absolute Gasteiger partial charge is 0.257 e. The molecule has 2 rings (SSSR count). The Bertz CT molecular complexity index is 604. The fourth-order valence-electron chi connectivity index (χ4n) is 1.72. The van der Waals surface area contributed by atoms with E-state index < -0.39 is 0 Å². The van der Waals surface area contributed by atoms with E-state index in [-0.39, 0.29) is 5.91 Å². The minimum atomic E-state index is -0.309. The summed E-state index contributed by atoms with van der Waals surface area (Å²) in [5.74, 6) is 0.393. The Hall–Kier alpha value is -2.22. The van der Waals surface area contributed by atoms with E-state index in [0.717, 1.165) is 19.3 Å². The van der Waals surface area contributed by atoms with Crippen molar-refractivity contribution in [2.45, 2.75) is 26.2 Å². The largest absolute Gasteiger partial charge is 0.481 e. The zero-order valence-corrected chi connectivity index (χ0v) is 13.4. The maximum Gasteiger partial charge on any atom is 0.257 e. The highest BCUT2D eigenvalue weighted by atomic mass is 32.1. The third-order valence-corrected chi connectivity index (χ3v) is 3.43. The van der Waals surface area contributed by atoms with E-state index in [0.29, 0.717) is 29.1 Å². The Balaban J connectivity index is 2.07. The summed E-state index contributed by atoms with van der Waals surface area (Å²) in [6.07, 6.45) is 3.15. The van der Waals surface area contributed by atoms with Crippen LogP contribution in [0.5, 0.6) is 11.8 Å². The minimum absolute atomic E-state index is 0.309. The quantitative estimate of drug-likeness (QED) is 0.752. The molecule has 1 amide bonds. The number of rotatable bonds is 8. The van der Waals surface area contributed by atoms with Gasteiger partial charge in [-0.2, -0.15) is 4.98 Å². The third-order valence-electron chi connectivity index (χ3n) is 2.83. The molecule has 0 spiro atoms. The lowest BCUT2D eigenvalue weighted by molar-refractivity contribution is 0.102. The van der Waals surface area contributed by atoms with Crippen molar-refractivity contribution in [1.82, 2.24) is 15.2 Å². The van der Waals surface area contributed by atoms with Crippen molar-refractivity contribution in [1.29, 1.82) is 0 Å². The molecule has 0 saturated carbocycles. The molecular weight excluding hydrogens is 304 g/mol. The van der Waals surface area contributed by atoms with Gasteiger partial charge in [0, 0.05) is 12.1 Å². The minimum Gasteiger partial charge on any atom is -0.481 e. The van der Waals surface area contributed by atoms with E-state index in [1.807, 2.05) is 0 Å². The summed E-state index contributed by atoms with van der Waals surface area (Å²) in [6.45, 7) is 2.69. The van der Waals surface area contributed by atoms with Gasteiger partial charge in [-0.05, 0) is 6.42 Å². The SMILES string of the molecule is CCCCCOc1cc(C(=O)Nc2nncs2)cc(OC)n1. The summed E-state index contributed by atoms with van der Waals surface area (Å²) in [6, 6.07) is 3.14. The summed E-state index contributed by atoms with van der Waals surface area (Å²) in [5.41, 5.74) is 1.94. The molecule has 7 nitrogen and oxygen atoms in total. The van der Waals surface area contributed by atoms with Crippen molar-refractivity contribution in [3.05, 3.63) is 23.2 Å². The molecule has 0 atom stereocenters. The van der Waals surface area contributed by atoms with Crippen LogP contribution >= 0.6 is 11.3 Å². The van der Waals surface area contributed by atoms with Gasteiger partial charge < -0.3 is 9.47 Å². The molecule has 0 aliphatic carbocycles. The van der Waals surface area contributed by atoms with Crippen LogP contribution in [0, 0.1) is 0 Å². The number of unbranched alkanes of at least 4 members (excludes halogenated alkanes) is 2. The first kappa shape index (κ1) is 16.2. The van der Waals surface area contributed by atoms with Crippen LogP contribution in [0.25, 0.3) is 0 Å². The van der Waals surface area contributed by atoms with Gasteiger partial charge >= 0.3 is 0 Å². The highest BCUT2D eigenvalue weighted by molar-refractivity contribution is 7.13. The van der Waals surface area contributed by atoms with Crippen LogP contribution in [0.1, 0.15) is 36.5 Å². The van der Waals surface area contributed by atoms with Gasteiger partial charge in [-0.3, -0.25) is 10.1 Å². The molecule has 0 bridgehead atoms. The number of nitrogens with one attached hydrogen (secondary N) is 1. The standard InChI is InChI=1S/C14H18N4O3S/c1-3-4-5-6-21-12-8-10(7-11(16-12)20-2)13(19)17-14-18-15-9-22-14/h7-9H,3-6H2,1-2H3,(H,17,18,19). The van der Waals surface area contributed by atoms with Crippen LogP contribution < -0.4 is 14.8 Å². The molecule has 118 valence electrons. The number of carbonyl (C=O) groups is 1. The second kappa shape index (κ2) is 8.28. The Kier molecular flexibility index (Phi) is 6.08. The predicted molar refractivity (Wildman–Crippen MR) is 83.7 cm³/mol. The highest BCUT2D eigenvalue weighted by Crippen LogP contribution is 2.20. The zero-order chi connectivity index (χ0) is 15.8. The monoisotopic (exact) mass is 322 g/mol. The molecule has 2 aromatic heterocycles. The number of ether oxygens (including phenoxy) is 2. The van der Waals surface area contributed by atoms with Gasteiger partial charge in [-0.15, -0.1) is 10.2 Å². The van der Waals surface area contributed by atoms with Gasteiger partial charge in [0.05, 0.1) is 19.3 Å². The molecular formula is C14H18N4O3S. The van der Waals surface area contributed by atoms with Crippen LogP contribution in [-0.2, 0) is 0 Å². The molecule has 0 fully saturated rings. The number of methoxy groups -OCH3 is 1. The van der Waals surface area contributed by atoms with Crippen molar-refractivity contribution in [2.24, 2.45) is 0 Å². The maximum absolute atomic E-state index is 12.2. The molecule has 22 heavy (non-hydrogen) atoms. The molecule has 0 saturated heterocycles. The first-order chi connectivity index (χ1) is 10.7. The Labute approximate surface area is 132 Å². The number of hydrogen-bond donors (Lipinski definition) is 1. The molecule has 0 aromatic carbocycles. The molecule has 2 heterocycles. The predicted octanol–water partition coefficient (Wildman–Crippen LogP) is 2.76. The van der Waals surface area contributed by atoms with Crippen LogP contribution in [0.3, 0.4) is 0 Å². The number of hydrogen-bond acceptors (Lipinski definition) is 7. The number of carbonyl (C=O) groups excluding carboxylic acids is 1. The fourth-order valence-corrected chi connectivity index (χ4v) is 2.16. The lowest BCUT2D eigenvalue weighted by Gasteiger charge is -2.09. The van der Waals surface area contributed by atoms with Gasteiger partial charge in [0.25, 0.3) is 5.91 Å². The highest BCUT2D eigenvalue weighted by Gasteiger charge is 2.12. The van der Waals surface area contributed by atoms with Gasteiger partial charge in [0.1, 0.15) is 5.51 Å². The summed E-state index contributed by atoms with van der Waals surface area (Å²) in [4.78, 5) is 16.4. The number of nitrogens with zero attached hydrogens (tertiary/aromatic N) is 3. The summed E-state index contributed by atoms with van der Waals surface area (Å²) < 4.78 is 10.7. The molecule has 2 aromatic rings. The van der Waals surface area contributed by atoms with Crippen molar-refractivity contribution in [3.8, 4) is 11.8 Å². The zero-order valence-electron chi connectivity index (χ0n) is 12.5. The average molecular weight is 322 g/mol. The van der Waals surface area contributed by atoms with E-state index in [1.165, 1.54) is 18.4 Å². The lowest BCUT2D eigenvalue weighted by Crippen LogP contribution is -2.13. The van der Waals surface area contributed by atoms with E-state index in [9.17, 15) is 4.79 Å². The summed E-state index contributed by atoms with van der Waals surface area (Å²) in [5, 5.41) is 10.5. The normalized spacial score (nSPS) is 10.3. The molecule has 8 heteroatoms. The number of aromatic nitrogens is 3. The van der Waals surface area contributed by atoms with Gasteiger partial charge in [0.2, 0.25) is 16.9 Å².